The molecule has 0 saturated carbocycles. The van der Waals surface area contributed by atoms with Crippen LogP contribution >= 0.6 is 11.3 Å². The predicted octanol–water partition coefficient (Wildman–Crippen LogP) is 3.55. The Morgan fingerprint density at radius 2 is 1.70 bits per heavy atom. The molecular formula is C18H15N3OS. The normalized spacial score (nSPS) is 12.0. The maximum atomic E-state index is 11.4. The van der Waals surface area contributed by atoms with E-state index in [1.807, 2.05) is 72.8 Å². The van der Waals surface area contributed by atoms with Crippen molar-refractivity contribution in [2.75, 3.05) is 0 Å². The molecule has 0 aliphatic carbocycles. The van der Waals surface area contributed by atoms with Crippen molar-refractivity contribution in [1.82, 2.24) is 9.78 Å². The van der Waals surface area contributed by atoms with Crippen LogP contribution in [0, 0.1) is 0 Å². The van der Waals surface area contributed by atoms with Crippen molar-refractivity contribution in [2.24, 2.45) is 4.99 Å². The standard InChI is InChI=1S/C18H15N3OS/c1-14(22)19-18-21(16-10-6-3-7-11-16)20-17(23-18)13-12-15-8-4-2-5-9-15/h2-13H,1H3/b13-12+,19-18?. The molecule has 0 unspecified atom stereocenters. The molecule has 114 valence electrons. The average Bonchev–Trinajstić information content (AvgIpc) is 2.97. The second-order valence-electron chi connectivity index (χ2n) is 4.85. The first-order valence-corrected chi connectivity index (χ1v) is 7.98. The summed E-state index contributed by atoms with van der Waals surface area (Å²) in [6, 6.07) is 19.7. The van der Waals surface area contributed by atoms with Crippen LogP contribution in [0.3, 0.4) is 0 Å². The summed E-state index contributed by atoms with van der Waals surface area (Å²) in [4.78, 5) is 16.0. The molecule has 0 N–H and O–H groups in total. The summed E-state index contributed by atoms with van der Waals surface area (Å²) in [7, 11) is 0. The molecule has 2 aromatic carbocycles. The van der Waals surface area contributed by atoms with E-state index < -0.39 is 0 Å². The minimum absolute atomic E-state index is 0.239. The molecule has 0 fully saturated rings. The Kier molecular flexibility index (Phi) is 4.59. The number of aromatic nitrogens is 2. The van der Waals surface area contributed by atoms with Gasteiger partial charge >= 0.3 is 0 Å². The van der Waals surface area contributed by atoms with Crippen LogP contribution in [0.2, 0.25) is 0 Å². The van der Waals surface area contributed by atoms with Crippen LogP contribution in [0.25, 0.3) is 17.8 Å². The zero-order chi connectivity index (χ0) is 16.1. The highest BCUT2D eigenvalue weighted by atomic mass is 32.1. The second kappa shape index (κ2) is 6.98. The summed E-state index contributed by atoms with van der Waals surface area (Å²) in [5.41, 5.74) is 1.97. The Morgan fingerprint density at radius 3 is 2.35 bits per heavy atom. The minimum atomic E-state index is -0.239. The summed E-state index contributed by atoms with van der Waals surface area (Å²) in [6.07, 6.45) is 3.92. The number of nitrogens with zero attached hydrogens (tertiary/aromatic N) is 3. The molecule has 1 amide bonds. The highest BCUT2D eigenvalue weighted by Crippen LogP contribution is 2.11. The van der Waals surface area contributed by atoms with Gasteiger partial charge in [-0.25, -0.2) is 4.68 Å². The van der Waals surface area contributed by atoms with E-state index >= 15 is 0 Å². The number of benzene rings is 2. The summed E-state index contributed by atoms with van der Waals surface area (Å²) >= 11 is 1.38. The van der Waals surface area contributed by atoms with Gasteiger partial charge in [-0.3, -0.25) is 4.79 Å². The van der Waals surface area contributed by atoms with E-state index in [1.54, 1.807) is 4.68 Å². The fraction of sp³-hybridized carbons (Fsp3) is 0.0556. The van der Waals surface area contributed by atoms with E-state index in [1.165, 1.54) is 18.3 Å². The molecule has 0 atom stereocenters. The molecule has 3 aromatic rings. The Morgan fingerprint density at radius 1 is 1.04 bits per heavy atom. The lowest BCUT2D eigenvalue weighted by atomic mass is 10.2. The lowest BCUT2D eigenvalue weighted by Gasteiger charge is -1.99. The Balaban J connectivity index is 2.02. The van der Waals surface area contributed by atoms with E-state index in [4.69, 9.17) is 0 Å². The molecule has 23 heavy (non-hydrogen) atoms. The van der Waals surface area contributed by atoms with Crippen molar-refractivity contribution in [3.8, 4) is 5.69 Å². The molecule has 4 nitrogen and oxygen atoms in total. The van der Waals surface area contributed by atoms with Gasteiger partial charge < -0.3 is 0 Å². The van der Waals surface area contributed by atoms with Gasteiger partial charge in [0, 0.05) is 6.92 Å². The van der Waals surface area contributed by atoms with Gasteiger partial charge in [0.05, 0.1) is 5.69 Å². The molecular weight excluding hydrogens is 306 g/mol. The lowest BCUT2D eigenvalue weighted by Crippen LogP contribution is -2.15. The third-order valence-corrected chi connectivity index (χ3v) is 3.92. The second-order valence-corrected chi connectivity index (χ2v) is 5.83. The SMILES string of the molecule is CC(=O)N=c1sc(/C=C/c2ccccc2)nn1-c1ccccc1. The van der Waals surface area contributed by atoms with Gasteiger partial charge in [0.15, 0.2) is 0 Å². The van der Waals surface area contributed by atoms with Crippen LogP contribution in [0.1, 0.15) is 17.5 Å². The van der Waals surface area contributed by atoms with E-state index in [0.29, 0.717) is 4.80 Å². The topological polar surface area (TPSA) is 47.2 Å². The van der Waals surface area contributed by atoms with Crippen LogP contribution in [0.4, 0.5) is 0 Å². The van der Waals surface area contributed by atoms with Gasteiger partial charge in [0.1, 0.15) is 5.01 Å². The predicted molar refractivity (Wildman–Crippen MR) is 93.1 cm³/mol. The largest absolute Gasteiger partial charge is 0.273 e. The number of hydrogen-bond acceptors (Lipinski definition) is 3. The van der Waals surface area contributed by atoms with Crippen LogP contribution in [0.15, 0.2) is 65.7 Å². The molecule has 5 heteroatoms. The fourth-order valence-electron chi connectivity index (χ4n) is 2.04. The summed E-state index contributed by atoms with van der Waals surface area (Å²) in [5.74, 6) is -0.239. The van der Waals surface area contributed by atoms with Crippen molar-refractivity contribution in [1.29, 1.82) is 0 Å². The van der Waals surface area contributed by atoms with Crippen molar-refractivity contribution < 1.29 is 4.79 Å². The number of hydrogen-bond donors (Lipinski definition) is 0. The highest BCUT2D eigenvalue weighted by Gasteiger charge is 2.05. The first-order chi connectivity index (χ1) is 11.2. The van der Waals surface area contributed by atoms with Gasteiger partial charge in [-0.2, -0.15) is 10.1 Å². The quantitative estimate of drug-likeness (QED) is 0.740. The first-order valence-electron chi connectivity index (χ1n) is 7.16. The molecule has 0 aliphatic rings. The van der Waals surface area contributed by atoms with Crippen molar-refractivity contribution in [3.63, 3.8) is 0 Å². The molecule has 0 aliphatic heterocycles. The van der Waals surface area contributed by atoms with Crippen molar-refractivity contribution >= 4 is 29.4 Å². The van der Waals surface area contributed by atoms with Crippen LogP contribution < -0.4 is 4.80 Å². The van der Waals surface area contributed by atoms with Gasteiger partial charge in [0.2, 0.25) is 10.7 Å². The van der Waals surface area contributed by atoms with Crippen LogP contribution in [-0.2, 0) is 4.79 Å². The first kappa shape index (κ1) is 15.1. The number of carbonyl (C=O) groups excluding carboxylic acids is 1. The van der Waals surface area contributed by atoms with E-state index in [-0.39, 0.29) is 5.91 Å². The van der Waals surface area contributed by atoms with Gasteiger partial charge in [0.25, 0.3) is 0 Å². The highest BCUT2D eigenvalue weighted by molar-refractivity contribution is 7.09. The zero-order valence-electron chi connectivity index (χ0n) is 12.6. The third-order valence-electron chi connectivity index (χ3n) is 3.05. The van der Waals surface area contributed by atoms with Gasteiger partial charge in [-0.1, -0.05) is 65.9 Å². The maximum absolute atomic E-state index is 11.4. The number of amides is 1. The molecule has 0 radical (unpaired) electrons. The number of carbonyl (C=O) groups is 1. The maximum Gasteiger partial charge on any atom is 0.245 e. The van der Waals surface area contributed by atoms with Crippen LogP contribution in [0.5, 0.6) is 0 Å². The third kappa shape index (κ3) is 3.90. The number of rotatable bonds is 3. The molecule has 3 rings (SSSR count). The summed E-state index contributed by atoms with van der Waals surface area (Å²) in [5, 5.41) is 5.34. The molecule has 1 heterocycles. The smallest absolute Gasteiger partial charge is 0.245 e. The monoisotopic (exact) mass is 321 g/mol. The average molecular weight is 321 g/mol. The Labute approximate surface area is 138 Å². The lowest BCUT2D eigenvalue weighted by molar-refractivity contribution is -0.116. The van der Waals surface area contributed by atoms with Gasteiger partial charge in [-0.05, 0) is 23.8 Å². The number of para-hydroxylation sites is 1. The molecule has 1 aromatic heterocycles. The van der Waals surface area contributed by atoms with Gasteiger partial charge in [-0.15, -0.1) is 0 Å². The molecule has 0 spiro atoms. The Bertz CT molecular complexity index is 893. The fourth-order valence-corrected chi connectivity index (χ4v) is 2.89. The zero-order valence-corrected chi connectivity index (χ0v) is 13.4. The Hall–Kier alpha value is -2.79. The minimum Gasteiger partial charge on any atom is -0.273 e. The molecule has 0 saturated heterocycles. The van der Waals surface area contributed by atoms with Crippen molar-refractivity contribution in [3.05, 3.63) is 76.0 Å². The molecule has 0 bridgehead atoms. The van der Waals surface area contributed by atoms with Crippen LogP contribution in [-0.4, -0.2) is 15.7 Å². The van der Waals surface area contributed by atoms with E-state index in [0.717, 1.165) is 16.3 Å². The summed E-state index contributed by atoms with van der Waals surface area (Å²) < 4.78 is 1.69. The summed E-state index contributed by atoms with van der Waals surface area (Å²) in [6.45, 7) is 1.44. The van der Waals surface area contributed by atoms with E-state index in [9.17, 15) is 4.79 Å². The van der Waals surface area contributed by atoms with E-state index in [2.05, 4.69) is 10.1 Å². The van der Waals surface area contributed by atoms with Crippen molar-refractivity contribution in [2.45, 2.75) is 6.92 Å².